The van der Waals surface area contributed by atoms with Crippen LogP contribution in [0, 0.1) is 6.92 Å². The van der Waals surface area contributed by atoms with Gasteiger partial charge in [-0.1, -0.05) is 17.7 Å². The van der Waals surface area contributed by atoms with Gasteiger partial charge in [-0.25, -0.2) is 0 Å². The quantitative estimate of drug-likeness (QED) is 0.522. The molecule has 2 fully saturated rings. The second-order valence-electron chi connectivity index (χ2n) is 9.36. The molecule has 2 aromatic carbocycles. The normalized spacial score (nSPS) is 19.1. The maximum Gasteiger partial charge on any atom is 0.256 e. The third kappa shape index (κ3) is 6.21. The smallest absolute Gasteiger partial charge is 0.256 e. The number of carbonyl (C=O) groups excluding carboxylic acids is 2. The van der Waals surface area contributed by atoms with E-state index in [0.717, 1.165) is 49.7 Å². The number of piperazine rings is 1. The van der Waals surface area contributed by atoms with Crippen molar-refractivity contribution in [1.29, 1.82) is 0 Å². The lowest BCUT2D eigenvalue weighted by atomic mass is 10.1. The zero-order valence-electron chi connectivity index (χ0n) is 21.3. The van der Waals surface area contributed by atoms with Crippen LogP contribution >= 0.6 is 12.2 Å². The predicted molar refractivity (Wildman–Crippen MR) is 147 cm³/mol. The lowest BCUT2D eigenvalue weighted by molar-refractivity contribution is -0.124. The Hall–Kier alpha value is -3.01. The average Bonchev–Trinajstić information content (AvgIpc) is 3.09. The van der Waals surface area contributed by atoms with E-state index in [2.05, 4.69) is 22.2 Å². The van der Waals surface area contributed by atoms with Crippen LogP contribution in [0.5, 0.6) is 5.75 Å². The van der Waals surface area contributed by atoms with Crippen molar-refractivity contribution < 1.29 is 14.3 Å². The summed E-state index contributed by atoms with van der Waals surface area (Å²) < 4.78 is 5.47. The van der Waals surface area contributed by atoms with Gasteiger partial charge in [0.05, 0.1) is 18.7 Å². The summed E-state index contributed by atoms with van der Waals surface area (Å²) in [5.74, 6) is 0.357. The molecule has 192 valence electrons. The minimum atomic E-state index is -0.644. The topological polar surface area (TPSA) is 68.4 Å². The van der Waals surface area contributed by atoms with Crippen molar-refractivity contribution in [2.24, 2.45) is 0 Å². The monoisotopic (exact) mass is 509 g/mol. The van der Waals surface area contributed by atoms with E-state index in [0.29, 0.717) is 24.0 Å². The molecule has 0 spiro atoms. The first-order chi connectivity index (χ1) is 17.4. The Kier molecular flexibility index (Phi) is 8.56. The van der Waals surface area contributed by atoms with Crippen LogP contribution in [0.25, 0.3) is 0 Å². The minimum absolute atomic E-state index is 0.0251. The fourth-order valence-corrected chi connectivity index (χ4v) is 4.94. The van der Waals surface area contributed by atoms with Gasteiger partial charge in [-0.3, -0.25) is 19.4 Å². The molecule has 2 aliphatic heterocycles. The van der Waals surface area contributed by atoms with E-state index in [1.807, 2.05) is 55.1 Å². The molecular formula is C27H35N5O3S. The molecule has 0 aliphatic carbocycles. The van der Waals surface area contributed by atoms with Gasteiger partial charge in [0, 0.05) is 45.0 Å². The molecule has 4 rings (SSSR count). The van der Waals surface area contributed by atoms with Gasteiger partial charge in [0.1, 0.15) is 11.8 Å². The first-order valence-corrected chi connectivity index (χ1v) is 12.9. The fraction of sp³-hybridized carbons (Fsp3) is 0.444. The first-order valence-electron chi connectivity index (χ1n) is 12.5. The molecule has 0 aromatic heterocycles. The molecule has 1 N–H and O–H groups in total. The molecule has 2 aliphatic rings. The molecule has 8 nitrogen and oxygen atoms in total. The molecular weight excluding hydrogens is 474 g/mol. The summed E-state index contributed by atoms with van der Waals surface area (Å²) in [6.07, 6.45) is 0.0251. The molecule has 0 saturated carbocycles. The second kappa shape index (κ2) is 11.8. The van der Waals surface area contributed by atoms with E-state index in [1.54, 1.807) is 17.0 Å². The number of hydrogen-bond acceptors (Lipinski definition) is 6. The molecule has 2 amide bonds. The van der Waals surface area contributed by atoms with Crippen molar-refractivity contribution in [1.82, 2.24) is 14.7 Å². The first kappa shape index (κ1) is 26.1. The Morgan fingerprint density at radius 2 is 1.69 bits per heavy atom. The van der Waals surface area contributed by atoms with Gasteiger partial charge in [0.25, 0.3) is 5.91 Å². The molecule has 9 heteroatoms. The Morgan fingerprint density at radius 1 is 1.03 bits per heavy atom. The van der Waals surface area contributed by atoms with Gasteiger partial charge in [-0.05, 0) is 69.5 Å². The summed E-state index contributed by atoms with van der Waals surface area (Å²) in [6, 6.07) is 14.3. The number of anilines is 2. The third-order valence-electron chi connectivity index (χ3n) is 6.69. The van der Waals surface area contributed by atoms with Crippen LogP contribution in [0.1, 0.15) is 18.9 Å². The maximum atomic E-state index is 13.6. The van der Waals surface area contributed by atoms with Crippen molar-refractivity contribution in [3.63, 3.8) is 0 Å². The standard InChI is InChI=1S/C27H35N5O3S/c1-4-35-23-11-7-21(8-12-23)28-25(33)19-24-26(34)32(22-9-5-20(2)6-10-22)27(36)31(24)18-17-30-15-13-29(3)14-16-30/h5-12,24H,4,13-19H2,1-3H3,(H,28,33)/t24-/m0/s1. The Bertz CT molecular complexity index is 1070. The summed E-state index contributed by atoms with van der Waals surface area (Å²) in [5, 5.41) is 3.37. The average molecular weight is 510 g/mol. The Balaban J connectivity index is 1.47. The van der Waals surface area contributed by atoms with Crippen molar-refractivity contribution in [2.45, 2.75) is 26.3 Å². The zero-order valence-corrected chi connectivity index (χ0v) is 22.1. The predicted octanol–water partition coefficient (Wildman–Crippen LogP) is 2.97. The number of nitrogens with zero attached hydrogens (tertiary/aromatic N) is 4. The lowest BCUT2D eigenvalue weighted by Crippen LogP contribution is -2.48. The summed E-state index contributed by atoms with van der Waals surface area (Å²) in [5.41, 5.74) is 2.50. The number of nitrogens with one attached hydrogen (secondary N) is 1. The molecule has 1 atom stereocenters. The molecule has 0 radical (unpaired) electrons. The van der Waals surface area contributed by atoms with E-state index in [4.69, 9.17) is 17.0 Å². The molecule has 2 aromatic rings. The van der Waals surface area contributed by atoms with E-state index in [9.17, 15) is 9.59 Å². The van der Waals surface area contributed by atoms with E-state index >= 15 is 0 Å². The minimum Gasteiger partial charge on any atom is -0.494 e. The number of ether oxygens (including phenoxy) is 1. The van der Waals surface area contributed by atoms with Crippen molar-refractivity contribution in [3.8, 4) is 5.75 Å². The number of rotatable bonds is 9. The number of amides is 2. The third-order valence-corrected chi connectivity index (χ3v) is 7.11. The zero-order chi connectivity index (χ0) is 25.7. The lowest BCUT2D eigenvalue weighted by Gasteiger charge is -2.34. The highest BCUT2D eigenvalue weighted by Crippen LogP contribution is 2.28. The van der Waals surface area contributed by atoms with Crippen LogP contribution in [0.2, 0.25) is 0 Å². The van der Waals surface area contributed by atoms with Gasteiger partial charge in [-0.15, -0.1) is 0 Å². The Labute approximate surface area is 218 Å². The van der Waals surface area contributed by atoms with Crippen LogP contribution in [-0.4, -0.2) is 90.6 Å². The van der Waals surface area contributed by atoms with E-state index in [-0.39, 0.29) is 18.2 Å². The van der Waals surface area contributed by atoms with Gasteiger partial charge in [-0.2, -0.15) is 0 Å². The molecule has 0 unspecified atom stereocenters. The molecule has 2 heterocycles. The number of aryl methyl sites for hydroxylation is 1. The van der Waals surface area contributed by atoms with Gasteiger partial charge in [0.2, 0.25) is 5.91 Å². The van der Waals surface area contributed by atoms with Crippen LogP contribution in [0.4, 0.5) is 11.4 Å². The Morgan fingerprint density at radius 3 is 2.33 bits per heavy atom. The number of thiocarbonyl (C=S) groups is 1. The van der Waals surface area contributed by atoms with Crippen molar-refractivity contribution in [2.75, 3.05) is 63.1 Å². The van der Waals surface area contributed by atoms with E-state index in [1.165, 1.54) is 0 Å². The fourth-order valence-electron chi connectivity index (χ4n) is 4.53. The number of carbonyl (C=O) groups is 2. The number of hydrogen-bond donors (Lipinski definition) is 1. The van der Waals surface area contributed by atoms with Gasteiger partial charge in [0.15, 0.2) is 5.11 Å². The highest BCUT2D eigenvalue weighted by Gasteiger charge is 2.44. The molecule has 36 heavy (non-hydrogen) atoms. The maximum absolute atomic E-state index is 13.6. The van der Waals surface area contributed by atoms with Crippen LogP contribution in [-0.2, 0) is 9.59 Å². The van der Waals surface area contributed by atoms with Crippen LogP contribution in [0.3, 0.4) is 0 Å². The highest BCUT2D eigenvalue weighted by molar-refractivity contribution is 7.80. The highest BCUT2D eigenvalue weighted by atomic mass is 32.1. The van der Waals surface area contributed by atoms with Crippen LogP contribution < -0.4 is 15.0 Å². The summed E-state index contributed by atoms with van der Waals surface area (Å²) in [4.78, 5) is 34.8. The largest absolute Gasteiger partial charge is 0.494 e. The van der Waals surface area contributed by atoms with Crippen molar-refractivity contribution >= 4 is 40.5 Å². The van der Waals surface area contributed by atoms with Crippen molar-refractivity contribution in [3.05, 3.63) is 54.1 Å². The molecule has 0 bridgehead atoms. The summed E-state index contributed by atoms with van der Waals surface area (Å²) >= 11 is 5.80. The SMILES string of the molecule is CCOc1ccc(NC(=O)C[C@H]2C(=O)N(c3ccc(C)cc3)C(=S)N2CCN2CCN(C)CC2)cc1. The summed E-state index contributed by atoms with van der Waals surface area (Å²) in [7, 11) is 2.13. The number of likely N-dealkylation sites (N-methyl/N-ethyl adjacent to an activating group) is 1. The van der Waals surface area contributed by atoms with Gasteiger partial charge < -0.3 is 19.9 Å². The number of benzene rings is 2. The van der Waals surface area contributed by atoms with Gasteiger partial charge >= 0.3 is 0 Å². The second-order valence-corrected chi connectivity index (χ2v) is 9.72. The van der Waals surface area contributed by atoms with Crippen LogP contribution in [0.15, 0.2) is 48.5 Å². The summed E-state index contributed by atoms with van der Waals surface area (Å²) in [6.45, 7) is 9.90. The molecule has 2 saturated heterocycles. The van der Waals surface area contributed by atoms with E-state index < -0.39 is 6.04 Å².